The second-order valence-corrected chi connectivity index (χ2v) is 5.30. The first kappa shape index (κ1) is 14.8. The van der Waals surface area contributed by atoms with Crippen LogP contribution in [0.4, 0.5) is 10.1 Å². The number of rotatable bonds is 3. The van der Waals surface area contributed by atoms with E-state index in [1.54, 1.807) is 27.0 Å². The van der Waals surface area contributed by atoms with Gasteiger partial charge in [-0.3, -0.25) is 4.79 Å². The number of likely N-dealkylation sites (N-methyl/N-ethyl adjacent to an activating group) is 1. The molecule has 0 saturated carbocycles. The minimum Gasteiger partial charge on any atom is -0.389 e. The number of hydrogen-bond donors (Lipinski definition) is 2. The number of nitrogens with one attached hydrogen (secondary N) is 1. The van der Waals surface area contributed by atoms with Gasteiger partial charge in [0.25, 0.3) is 0 Å². The Kier molecular flexibility index (Phi) is 4.28. The fourth-order valence-corrected chi connectivity index (χ4v) is 2.76. The minimum atomic E-state index is -0.772. The third kappa shape index (κ3) is 2.63. The molecule has 0 bridgehead atoms. The Morgan fingerprint density at radius 1 is 1.55 bits per heavy atom. The lowest BCUT2D eigenvalue weighted by Gasteiger charge is -2.29. The standard InChI is InChI=1S/C15H21FN2O2/c1-9-7-14(11(10(2)19)8-12(9)16)18-6-4-5-13(18)15(20)17-3/h7-8,10,13,19H,4-6H2,1-3H3,(H,17,20)/t10-,13?/m1/s1. The van der Waals surface area contributed by atoms with Crippen LogP contribution < -0.4 is 10.2 Å². The number of amides is 1. The number of aliphatic hydroxyl groups is 1. The predicted octanol–water partition coefficient (Wildman–Crippen LogP) is 1.90. The van der Waals surface area contributed by atoms with Crippen LogP contribution in [-0.2, 0) is 4.79 Å². The van der Waals surface area contributed by atoms with Crippen molar-refractivity contribution in [2.45, 2.75) is 38.8 Å². The van der Waals surface area contributed by atoms with Gasteiger partial charge in [-0.25, -0.2) is 4.39 Å². The summed E-state index contributed by atoms with van der Waals surface area (Å²) in [6.45, 7) is 4.04. The van der Waals surface area contributed by atoms with Gasteiger partial charge >= 0.3 is 0 Å². The summed E-state index contributed by atoms with van der Waals surface area (Å²) in [6.07, 6.45) is 0.911. The first-order chi connectivity index (χ1) is 9.45. The lowest BCUT2D eigenvalue weighted by molar-refractivity contribution is -0.121. The van der Waals surface area contributed by atoms with E-state index >= 15 is 0 Å². The van der Waals surface area contributed by atoms with Crippen molar-refractivity contribution in [2.24, 2.45) is 0 Å². The van der Waals surface area contributed by atoms with Crippen molar-refractivity contribution in [3.63, 3.8) is 0 Å². The summed E-state index contributed by atoms with van der Waals surface area (Å²) in [5.74, 6) is -0.374. The third-order valence-electron chi connectivity index (χ3n) is 3.87. The molecule has 1 heterocycles. The molecule has 0 aromatic heterocycles. The largest absolute Gasteiger partial charge is 0.389 e. The number of aliphatic hydroxyl groups excluding tert-OH is 1. The molecule has 4 nitrogen and oxygen atoms in total. The van der Waals surface area contributed by atoms with Crippen LogP contribution in [0.5, 0.6) is 0 Å². The molecular weight excluding hydrogens is 259 g/mol. The molecule has 110 valence electrons. The first-order valence-electron chi connectivity index (χ1n) is 6.92. The zero-order valence-electron chi connectivity index (χ0n) is 12.1. The van der Waals surface area contributed by atoms with Crippen LogP contribution in [0.3, 0.4) is 0 Å². The highest BCUT2D eigenvalue weighted by Crippen LogP contribution is 2.34. The average molecular weight is 280 g/mol. The van der Waals surface area contributed by atoms with Gasteiger partial charge < -0.3 is 15.3 Å². The van der Waals surface area contributed by atoms with Crippen molar-refractivity contribution < 1.29 is 14.3 Å². The SMILES string of the molecule is CNC(=O)C1CCCN1c1cc(C)c(F)cc1[C@@H](C)O. The summed E-state index contributed by atoms with van der Waals surface area (Å²) in [5, 5.41) is 12.5. The lowest BCUT2D eigenvalue weighted by Crippen LogP contribution is -2.42. The monoisotopic (exact) mass is 280 g/mol. The Balaban J connectivity index is 2.45. The molecule has 1 aliphatic heterocycles. The van der Waals surface area contributed by atoms with Gasteiger partial charge in [0.1, 0.15) is 11.9 Å². The number of carbonyl (C=O) groups is 1. The molecular formula is C15H21FN2O2. The Morgan fingerprint density at radius 2 is 2.25 bits per heavy atom. The van der Waals surface area contributed by atoms with E-state index in [0.29, 0.717) is 11.1 Å². The zero-order chi connectivity index (χ0) is 14.9. The number of aryl methyl sites for hydroxylation is 1. The second kappa shape index (κ2) is 5.79. The lowest BCUT2D eigenvalue weighted by atomic mass is 10.0. The molecule has 1 aromatic rings. The van der Waals surface area contributed by atoms with Crippen molar-refractivity contribution >= 4 is 11.6 Å². The van der Waals surface area contributed by atoms with Crippen LogP contribution in [0.2, 0.25) is 0 Å². The molecule has 0 aliphatic carbocycles. The normalized spacial score (nSPS) is 20.1. The van der Waals surface area contributed by atoms with E-state index in [2.05, 4.69) is 5.32 Å². The second-order valence-electron chi connectivity index (χ2n) is 5.30. The van der Waals surface area contributed by atoms with Gasteiger partial charge in [0.05, 0.1) is 6.10 Å². The fourth-order valence-electron chi connectivity index (χ4n) is 2.76. The highest BCUT2D eigenvalue weighted by Gasteiger charge is 2.32. The highest BCUT2D eigenvalue weighted by atomic mass is 19.1. The first-order valence-corrected chi connectivity index (χ1v) is 6.92. The van der Waals surface area contributed by atoms with Crippen molar-refractivity contribution in [3.05, 3.63) is 29.1 Å². The summed E-state index contributed by atoms with van der Waals surface area (Å²) in [4.78, 5) is 13.9. The Hall–Kier alpha value is -1.62. The van der Waals surface area contributed by atoms with E-state index in [4.69, 9.17) is 0 Å². The molecule has 2 N–H and O–H groups in total. The molecule has 1 unspecified atom stereocenters. The molecule has 0 spiro atoms. The van der Waals surface area contributed by atoms with E-state index in [1.807, 2.05) is 4.90 Å². The van der Waals surface area contributed by atoms with Gasteiger partial charge in [-0.1, -0.05) is 0 Å². The van der Waals surface area contributed by atoms with Crippen LogP contribution in [0, 0.1) is 12.7 Å². The van der Waals surface area contributed by atoms with E-state index in [9.17, 15) is 14.3 Å². The molecule has 5 heteroatoms. The van der Waals surface area contributed by atoms with Crippen molar-refractivity contribution in [1.82, 2.24) is 5.32 Å². The van der Waals surface area contributed by atoms with E-state index in [0.717, 1.165) is 25.1 Å². The van der Waals surface area contributed by atoms with Crippen LogP contribution in [-0.4, -0.2) is 30.6 Å². The quantitative estimate of drug-likeness (QED) is 0.889. The number of anilines is 1. The maximum atomic E-state index is 13.7. The zero-order valence-corrected chi connectivity index (χ0v) is 12.1. The molecule has 0 radical (unpaired) electrons. The molecule has 2 atom stereocenters. The summed E-state index contributed by atoms with van der Waals surface area (Å²) in [6, 6.07) is 2.84. The third-order valence-corrected chi connectivity index (χ3v) is 3.87. The minimum absolute atomic E-state index is 0.0407. The predicted molar refractivity (Wildman–Crippen MR) is 76.2 cm³/mol. The Morgan fingerprint density at radius 3 is 2.85 bits per heavy atom. The van der Waals surface area contributed by atoms with Crippen molar-refractivity contribution in [2.75, 3.05) is 18.5 Å². The topological polar surface area (TPSA) is 52.6 Å². The maximum Gasteiger partial charge on any atom is 0.242 e. The molecule has 1 amide bonds. The van der Waals surface area contributed by atoms with E-state index in [1.165, 1.54) is 6.07 Å². The van der Waals surface area contributed by atoms with E-state index < -0.39 is 6.10 Å². The highest BCUT2D eigenvalue weighted by molar-refractivity contribution is 5.86. The van der Waals surface area contributed by atoms with Crippen molar-refractivity contribution in [1.29, 1.82) is 0 Å². The van der Waals surface area contributed by atoms with Gasteiger partial charge in [-0.05, 0) is 44.4 Å². The molecule has 20 heavy (non-hydrogen) atoms. The maximum absolute atomic E-state index is 13.7. The van der Waals surface area contributed by atoms with Gasteiger partial charge in [-0.15, -0.1) is 0 Å². The van der Waals surface area contributed by atoms with Crippen molar-refractivity contribution in [3.8, 4) is 0 Å². The van der Waals surface area contributed by atoms with Crippen LogP contribution in [0.1, 0.15) is 37.0 Å². The molecule has 1 aromatic carbocycles. The molecule has 1 aliphatic rings. The Labute approximate surface area is 118 Å². The smallest absolute Gasteiger partial charge is 0.242 e. The molecule has 2 rings (SSSR count). The number of hydrogen-bond acceptors (Lipinski definition) is 3. The number of carbonyl (C=O) groups excluding carboxylic acids is 1. The van der Waals surface area contributed by atoms with Gasteiger partial charge in [0.15, 0.2) is 0 Å². The summed E-state index contributed by atoms with van der Waals surface area (Å²) in [7, 11) is 1.62. The summed E-state index contributed by atoms with van der Waals surface area (Å²) < 4.78 is 13.7. The van der Waals surface area contributed by atoms with Gasteiger partial charge in [0, 0.05) is 24.8 Å². The summed E-state index contributed by atoms with van der Waals surface area (Å²) in [5.41, 5.74) is 1.81. The molecule has 1 saturated heterocycles. The van der Waals surface area contributed by atoms with Crippen LogP contribution in [0.25, 0.3) is 0 Å². The molecule has 1 fully saturated rings. The van der Waals surface area contributed by atoms with E-state index in [-0.39, 0.29) is 17.8 Å². The van der Waals surface area contributed by atoms with Crippen LogP contribution in [0.15, 0.2) is 12.1 Å². The van der Waals surface area contributed by atoms with Gasteiger partial charge in [-0.2, -0.15) is 0 Å². The Bertz CT molecular complexity index is 517. The summed E-state index contributed by atoms with van der Waals surface area (Å²) >= 11 is 0. The fraction of sp³-hybridized carbons (Fsp3) is 0.533. The average Bonchev–Trinajstić information content (AvgIpc) is 2.89. The number of nitrogens with zero attached hydrogens (tertiary/aromatic N) is 1. The number of benzene rings is 1. The van der Waals surface area contributed by atoms with Gasteiger partial charge in [0.2, 0.25) is 5.91 Å². The number of halogens is 1. The van der Waals surface area contributed by atoms with Crippen LogP contribution >= 0.6 is 0 Å².